The van der Waals surface area contributed by atoms with Crippen molar-refractivity contribution in [1.82, 2.24) is 10.2 Å². The van der Waals surface area contributed by atoms with Crippen LogP contribution in [0.25, 0.3) is 0 Å². The number of amides is 2. The molecule has 196 valence electrons. The Hall–Kier alpha value is -3.07. The second kappa shape index (κ2) is 12.4. The molecule has 0 aromatic heterocycles. The van der Waals surface area contributed by atoms with E-state index < -0.39 is 28.5 Å². The van der Waals surface area contributed by atoms with E-state index in [0.29, 0.717) is 6.54 Å². The van der Waals surface area contributed by atoms with Gasteiger partial charge in [0.15, 0.2) is 0 Å². The van der Waals surface area contributed by atoms with E-state index in [1.807, 2.05) is 31.2 Å². The molecule has 0 saturated carbocycles. The van der Waals surface area contributed by atoms with E-state index >= 15 is 0 Å². The number of hydrogen-bond donors (Lipinski definition) is 1. The zero-order valence-electron chi connectivity index (χ0n) is 20.8. The number of aryl methyl sites for hydroxylation is 1. The Bertz CT molecular complexity index is 1330. The van der Waals surface area contributed by atoms with Gasteiger partial charge in [-0.2, -0.15) is 0 Å². The molecule has 37 heavy (non-hydrogen) atoms. The highest BCUT2D eigenvalue weighted by molar-refractivity contribution is 7.92. The number of likely N-dealkylation sites (N-methyl/N-ethyl adjacent to an activating group) is 1. The van der Waals surface area contributed by atoms with Gasteiger partial charge in [0.25, 0.3) is 10.0 Å². The first-order chi connectivity index (χ1) is 17.5. The summed E-state index contributed by atoms with van der Waals surface area (Å²) in [4.78, 5) is 27.9. The number of carbonyl (C=O) groups is 2. The SMILES string of the molecule is CCNC(=O)[C@H](C)N(Cc1ccc(C)cc1)C(=O)CN(c1cc(Cl)cc(Cl)c1)S(=O)(=O)c1ccccc1. The Morgan fingerprint density at radius 3 is 2.11 bits per heavy atom. The number of sulfonamides is 1. The number of anilines is 1. The highest BCUT2D eigenvalue weighted by atomic mass is 35.5. The lowest BCUT2D eigenvalue weighted by molar-refractivity contribution is -0.139. The zero-order valence-corrected chi connectivity index (χ0v) is 23.1. The van der Waals surface area contributed by atoms with Gasteiger partial charge >= 0.3 is 0 Å². The average Bonchev–Trinajstić information content (AvgIpc) is 2.86. The summed E-state index contributed by atoms with van der Waals surface area (Å²) in [6.45, 7) is 5.30. The molecule has 0 heterocycles. The van der Waals surface area contributed by atoms with Crippen molar-refractivity contribution >= 4 is 50.7 Å². The molecule has 3 aromatic rings. The van der Waals surface area contributed by atoms with E-state index in [0.717, 1.165) is 15.4 Å². The van der Waals surface area contributed by atoms with Crippen LogP contribution >= 0.6 is 23.2 Å². The van der Waals surface area contributed by atoms with E-state index in [1.54, 1.807) is 32.0 Å². The number of rotatable bonds is 10. The van der Waals surface area contributed by atoms with Crippen molar-refractivity contribution in [3.05, 3.63) is 94.0 Å². The van der Waals surface area contributed by atoms with E-state index in [1.165, 1.54) is 35.2 Å². The third-order valence-electron chi connectivity index (χ3n) is 5.74. The minimum absolute atomic E-state index is 0.000701. The van der Waals surface area contributed by atoms with E-state index in [2.05, 4.69) is 5.32 Å². The first-order valence-electron chi connectivity index (χ1n) is 11.7. The lowest BCUT2D eigenvalue weighted by atomic mass is 10.1. The summed E-state index contributed by atoms with van der Waals surface area (Å²) in [6.07, 6.45) is 0. The molecule has 1 N–H and O–H groups in total. The average molecular weight is 563 g/mol. The summed E-state index contributed by atoms with van der Waals surface area (Å²) in [7, 11) is -4.18. The minimum Gasteiger partial charge on any atom is -0.355 e. The van der Waals surface area contributed by atoms with Crippen molar-refractivity contribution < 1.29 is 18.0 Å². The molecule has 0 aliphatic carbocycles. The summed E-state index contributed by atoms with van der Waals surface area (Å²) >= 11 is 12.4. The summed E-state index contributed by atoms with van der Waals surface area (Å²) in [5.74, 6) is -0.902. The van der Waals surface area contributed by atoms with Gasteiger partial charge in [0.05, 0.1) is 10.6 Å². The molecule has 2 amide bonds. The number of benzene rings is 3. The van der Waals surface area contributed by atoms with Gasteiger partial charge in [0.2, 0.25) is 11.8 Å². The Morgan fingerprint density at radius 2 is 1.54 bits per heavy atom. The molecule has 1 atom stereocenters. The molecule has 0 spiro atoms. The van der Waals surface area contributed by atoms with Crippen molar-refractivity contribution in [2.24, 2.45) is 0 Å². The number of nitrogens with zero attached hydrogens (tertiary/aromatic N) is 2. The Morgan fingerprint density at radius 1 is 0.946 bits per heavy atom. The van der Waals surface area contributed by atoms with Gasteiger partial charge in [-0.3, -0.25) is 13.9 Å². The largest absolute Gasteiger partial charge is 0.355 e. The summed E-state index contributed by atoms with van der Waals surface area (Å²) in [5.41, 5.74) is 1.99. The molecule has 3 aromatic carbocycles. The molecule has 0 saturated heterocycles. The molecule has 3 rings (SSSR count). The molecule has 0 radical (unpaired) electrons. The second-order valence-corrected chi connectivity index (χ2v) is 11.3. The van der Waals surface area contributed by atoms with Crippen LogP contribution in [0.3, 0.4) is 0 Å². The highest BCUT2D eigenvalue weighted by Crippen LogP contribution is 2.30. The van der Waals surface area contributed by atoms with E-state index in [-0.39, 0.29) is 33.1 Å². The topological polar surface area (TPSA) is 86.8 Å². The third kappa shape index (κ3) is 7.25. The van der Waals surface area contributed by atoms with Crippen LogP contribution in [-0.4, -0.2) is 44.3 Å². The molecule has 0 aliphatic rings. The Kier molecular flexibility index (Phi) is 9.59. The third-order valence-corrected chi connectivity index (χ3v) is 7.96. The van der Waals surface area contributed by atoms with E-state index in [4.69, 9.17) is 23.2 Å². The van der Waals surface area contributed by atoms with Crippen LogP contribution in [0.15, 0.2) is 77.7 Å². The fraction of sp³-hybridized carbons (Fsp3) is 0.259. The quantitative estimate of drug-likeness (QED) is 0.375. The molecular formula is C27H29Cl2N3O4S. The predicted molar refractivity (Wildman–Crippen MR) is 147 cm³/mol. The summed E-state index contributed by atoms with van der Waals surface area (Å²) in [6, 6.07) is 18.8. The molecular weight excluding hydrogens is 533 g/mol. The Balaban J connectivity index is 2.04. The maximum atomic E-state index is 13.8. The van der Waals surface area contributed by atoms with Gasteiger partial charge in [-0.15, -0.1) is 0 Å². The number of carbonyl (C=O) groups excluding carboxylic acids is 2. The monoisotopic (exact) mass is 561 g/mol. The molecule has 0 unspecified atom stereocenters. The van der Waals surface area contributed by atoms with Gasteiger partial charge in [-0.1, -0.05) is 71.2 Å². The lowest BCUT2D eigenvalue weighted by Crippen LogP contribution is -2.51. The van der Waals surface area contributed by atoms with Crippen LogP contribution in [0.4, 0.5) is 5.69 Å². The van der Waals surface area contributed by atoms with E-state index in [9.17, 15) is 18.0 Å². The predicted octanol–water partition coefficient (Wildman–Crippen LogP) is 5.05. The summed E-state index contributed by atoms with van der Waals surface area (Å²) < 4.78 is 28.4. The molecule has 0 bridgehead atoms. The van der Waals surface area contributed by atoms with Crippen LogP contribution in [0.2, 0.25) is 10.0 Å². The van der Waals surface area contributed by atoms with Crippen LogP contribution in [0.1, 0.15) is 25.0 Å². The van der Waals surface area contributed by atoms with Crippen LogP contribution in [0.5, 0.6) is 0 Å². The van der Waals surface area contributed by atoms with Crippen molar-refractivity contribution in [3.8, 4) is 0 Å². The van der Waals surface area contributed by atoms with Crippen LogP contribution in [-0.2, 0) is 26.2 Å². The molecule has 10 heteroatoms. The molecule has 0 aliphatic heterocycles. The second-order valence-electron chi connectivity index (χ2n) is 8.53. The van der Waals surface area contributed by atoms with Gasteiger partial charge in [0, 0.05) is 23.1 Å². The summed E-state index contributed by atoms with van der Waals surface area (Å²) in [5, 5.41) is 3.17. The minimum atomic E-state index is -4.18. The first-order valence-corrected chi connectivity index (χ1v) is 13.9. The highest BCUT2D eigenvalue weighted by Gasteiger charge is 2.32. The number of hydrogen-bond acceptors (Lipinski definition) is 4. The van der Waals surface area contributed by atoms with Crippen LogP contribution < -0.4 is 9.62 Å². The maximum Gasteiger partial charge on any atom is 0.264 e. The maximum absolute atomic E-state index is 13.8. The molecule has 0 fully saturated rings. The van der Waals surface area contributed by atoms with Gasteiger partial charge < -0.3 is 10.2 Å². The smallest absolute Gasteiger partial charge is 0.264 e. The fourth-order valence-corrected chi connectivity index (χ4v) is 5.66. The normalized spacial score (nSPS) is 12.0. The molecule has 7 nitrogen and oxygen atoms in total. The van der Waals surface area contributed by atoms with Gasteiger partial charge in [-0.25, -0.2) is 8.42 Å². The zero-order chi connectivity index (χ0) is 27.2. The number of nitrogens with one attached hydrogen (secondary N) is 1. The fourth-order valence-electron chi connectivity index (χ4n) is 3.73. The van der Waals surface area contributed by atoms with Crippen LogP contribution in [0, 0.1) is 6.92 Å². The van der Waals surface area contributed by atoms with Crippen molar-refractivity contribution in [3.63, 3.8) is 0 Å². The Labute approximate surface area is 228 Å². The standard InChI is InChI=1S/C27H29Cl2N3O4S/c1-4-30-27(34)20(3)31(17-21-12-10-19(2)11-13-21)26(33)18-32(24-15-22(28)14-23(29)16-24)37(35,36)25-8-6-5-7-9-25/h5-16,20H,4,17-18H2,1-3H3,(H,30,34)/t20-/m0/s1. The first kappa shape index (κ1) is 28.5. The van der Waals surface area contributed by atoms with Crippen molar-refractivity contribution in [2.45, 2.75) is 38.3 Å². The van der Waals surface area contributed by atoms with Gasteiger partial charge in [-0.05, 0) is 56.7 Å². The van der Waals surface area contributed by atoms with Gasteiger partial charge in [0.1, 0.15) is 12.6 Å². The lowest BCUT2D eigenvalue weighted by Gasteiger charge is -2.32. The number of halogens is 2. The van der Waals surface area contributed by atoms with Crippen molar-refractivity contribution in [2.75, 3.05) is 17.4 Å². The van der Waals surface area contributed by atoms with Crippen molar-refractivity contribution in [1.29, 1.82) is 0 Å².